The van der Waals surface area contributed by atoms with Crippen molar-refractivity contribution in [2.45, 2.75) is 12.1 Å². The fourth-order valence-electron chi connectivity index (χ4n) is 2.34. The minimum absolute atomic E-state index is 0.00449. The molecule has 0 saturated heterocycles. The van der Waals surface area contributed by atoms with Crippen molar-refractivity contribution in [1.29, 1.82) is 0 Å². The highest BCUT2D eigenvalue weighted by atomic mass is 32.2. The number of rotatable bonds is 7. The quantitative estimate of drug-likeness (QED) is 0.450. The van der Waals surface area contributed by atoms with Crippen LogP contribution >= 0.6 is 23.1 Å². The Morgan fingerprint density at radius 1 is 1.29 bits per heavy atom. The molecule has 0 bridgehead atoms. The van der Waals surface area contributed by atoms with Gasteiger partial charge in [0.05, 0.1) is 12.4 Å². The van der Waals surface area contributed by atoms with E-state index in [1.165, 1.54) is 11.3 Å². The molecule has 3 aromatic rings. The molecule has 1 amide bonds. The van der Waals surface area contributed by atoms with Crippen molar-refractivity contribution in [2.24, 2.45) is 0 Å². The molecule has 8 nitrogen and oxygen atoms in total. The normalized spacial score (nSPS) is 10.5. The average molecular weight is 416 g/mol. The second-order valence-corrected chi connectivity index (χ2v) is 7.26. The van der Waals surface area contributed by atoms with Gasteiger partial charge in [-0.05, 0) is 12.5 Å². The molecule has 0 fully saturated rings. The standard InChI is InChI=1S/C18H16N4O4S2/c1-2-26-17(25)15-12(11-6-4-3-5-7-11)9-27-16(15)20-14(24)10-28-18-21-13(23)8-19-22-18/h3-9H,2,10H2,1H3,(H,20,24)(H,21,22,23). The number of ether oxygens (including phenoxy) is 1. The Morgan fingerprint density at radius 3 is 2.79 bits per heavy atom. The van der Waals surface area contributed by atoms with Gasteiger partial charge in [0.15, 0.2) is 5.16 Å². The summed E-state index contributed by atoms with van der Waals surface area (Å²) in [7, 11) is 0. The summed E-state index contributed by atoms with van der Waals surface area (Å²) in [5.41, 5.74) is 1.48. The van der Waals surface area contributed by atoms with Crippen molar-refractivity contribution >= 4 is 40.0 Å². The lowest BCUT2D eigenvalue weighted by atomic mass is 10.0. The van der Waals surface area contributed by atoms with Crippen molar-refractivity contribution in [3.05, 3.63) is 57.8 Å². The molecule has 28 heavy (non-hydrogen) atoms. The van der Waals surface area contributed by atoms with Crippen LogP contribution < -0.4 is 10.9 Å². The molecule has 0 unspecified atom stereocenters. The second-order valence-electron chi connectivity index (χ2n) is 5.42. The molecule has 144 valence electrons. The smallest absolute Gasteiger partial charge is 0.341 e. The molecule has 3 rings (SSSR count). The van der Waals surface area contributed by atoms with E-state index in [4.69, 9.17) is 4.74 Å². The minimum Gasteiger partial charge on any atom is -0.462 e. The first-order chi connectivity index (χ1) is 13.6. The fourth-order valence-corrected chi connectivity index (χ4v) is 3.94. The largest absolute Gasteiger partial charge is 0.462 e. The average Bonchev–Trinajstić information content (AvgIpc) is 3.11. The van der Waals surface area contributed by atoms with E-state index in [2.05, 4.69) is 20.5 Å². The number of hydrogen-bond donors (Lipinski definition) is 2. The maximum Gasteiger partial charge on any atom is 0.341 e. The molecule has 0 radical (unpaired) electrons. The highest BCUT2D eigenvalue weighted by Gasteiger charge is 2.22. The van der Waals surface area contributed by atoms with Crippen LogP contribution in [0.1, 0.15) is 17.3 Å². The number of esters is 1. The molecule has 2 aromatic heterocycles. The van der Waals surface area contributed by atoms with E-state index in [-0.39, 0.29) is 23.4 Å². The number of thioether (sulfide) groups is 1. The van der Waals surface area contributed by atoms with Crippen molar-refractivity contribution in [1.82, 2.24) is 15.2 Å². The van der Waals surface area contributed by atoms with E-state index in [1.807, 2.05) is 35.7 Å². The van der Waals surface area contributed by atoms with Crippen LogP contribution in [-0.2, 0) is 9.53 Å². The number of thiophene rings is 1. The Balaban J connectivity index is 1.79. The van der Waals surface area contributed by atoms with E-state index in [0.29, 0.717) is 16.1 Å². The summed E-state index contributed by atoms with van der Waals surface area (Å²) in [6.07, 6.45) is 1.05. The van der Waals surface area contributed by atoms with Gasteiger partial charge in [-0.1, -0.05) is 42.1 Å². The van der Waals surface area contributed by atoms with E-state index >= 15 is 0 Å². The number of aromatic nitrogens is 3. The van der Waals surface area contributed by atoms with Gasteiger partial charge in [-0.15, -0.1) is 16.4 Å². The predicted molar refractivity (Wildman–Crippen MR) is 108 cm³/mol. The maximum atomic E-state index is 12.5. The second kappa shape index (κ2) is 9.29. The Morgan fingerprint density at radius 2 is 2.07 bits per heavy atom. The third-order valence-electron chi connectivity index (χ3n) is 3.50. The lowest BCUT2D eigenvalue weighted by Gasteiger charge is -2.08. The number of carbonyl (C=O) groups is 2. The molecule has 0 aliphatic carbocycles. The molecule has 0 aliphatic heterocycles. The predicted octanol–water partition coefficient (Wildman–Crippen LogP) is 2.80. The summed E-state index contributed by atoms with van der Waals surface area (Å²) >= 11 is 2.29. The molecule has 0 aliphatic rings. The van der Waals surface area contributed by atoms with Crippen molar-refractivity contribution in [3.8, 4) is 11.1 Å². The lowest BCUT2D eigenvalue weighted by molar-refractivity contribution is -0.113. The summed E-state index contributed by atoms with van der Waals surface area (Å²) in [6.45, 7) is 1.95. The zero-order valence-electron chi connectivity index (χ0n) is 14.8. The van der Waals surface area contributed by atoms with E-state index < -0.39 is 11.5 Å². The number of H-pyrrole nitrogens is 1. The fraction of sp³-hybridized carbons (Fsp3) is 0.167. The number of nitrogens with one attached hydrogen (secondary N) is 2. The number of benzene rings is 1. The van der Waals surface area contributed by atoms with Gasteiger partial charge in [0.25, 0.3) is 5.56 Å². The Hall–Kier alpha value is -2.98. The molecule has 10 heteroatoms. The number of carbonyl (C=O) groups excluding carboxylic acids is 2. The number of hydrogen-bond acceptors (Lipinski definition) is 8. The molecule has 0 saturated carbocycles. The van der Waals surface area contributed by atoms with Gasteiger partial charge in [0, 0.05) is 10.9 Å². The third kappa shape index (κ3) is 4.84. The topological polar surface area (TPSA) is 114 Å². The van der Waals surface area contributed by atoms with Crippen LogP contribution in [0.15, 0.2) is 51.9 Å². The summed E-state index contributed by atoms with van der Waals surface area (Å²) in [5, 5.41) is 12.5. The van der Waals surface area contributed by atoms with Gasteiger partial charge < -0.3 is 10.1 Å². The Labute approximate surface area is 168 Å². The summed E-state index contributed by atoms with van der Waals surface area (Å²) < 4.78 is 5.17. The molecule has 0 atom stereocenters. The number of nitrogens with zero attached hydrogens (tertiary/aromatic N) is 2. The van der Waals surface area contributed by atoms with E-state index in [0.717, 1.165) is 23.5 Å². The molecule has 2 heterocycles. The zero-order chi connectivity index (χ0) is 19.9. The number of aromatic amines is 1. The van der Waals surface area contributed by atoms with Crippen molar-refractivity contribution < 1.29 is 14.3 Å². The summed E-state index contributed by atoms with van der Waals surface area (Å²) in [5.74, 6) is -0.845. The van der Waals surface area contributed by atoms with Gasteiger partial charge in [0.2, 0.25) is 5.91 Å². The monoisotopic (exact) mass is 416 g/mol. The van der Waals surface area contributed by atoms with Gasteiger partial charge in [0.1, 0.15) is 16.8 Å². The van der Waals surface area contributed by atoms with E-state index in [1.54, 1.807) is 6.92 Å². The minimum atomic E-state index is -0.496. The highest BCUT2D eigenvalue weighted by molar-refractivity contribution is 7.99. The first kappa shape index (κ1) is 19.8. The van der Waals surface area contributed by atoms with Crippen LogP contribution in [0, 0.1) is 0 Å². The van der Waals surface area contributed by atoms with Crippen LogP contribution in [0.3, 0.4) is 0 Å². The highest BCUT2D eigenvalue weighted by Crippen LogP contribution is 2.36. The Kier molecular flexibility index (Phi) is 6.56. The van der Waals surface area contributed by atoms with Crippen LogP contribution in [0.2, 0.25) is 0 Å². The van der Waals surface area contributed by atoms with Crippen molar-refractivity contribution in [3.63, 3.8) is 0 Å². The van der Waals surface area contributed by atoms with E-state index in [9.17, 15) is 14.4 Å². The zero-order valence-corrected chi connectivity index (χ0v) is 16.4. The number of anilines is 1. The van der Waals surface area contributed by atoms with Gasteiger partial charge in [-0.25, -0.2) is 4.79 Å². The van der Waals surface area contributed by atoms with Gasteiger partial charge >= 0.3 is 5.97 Å². The third-order valence-corrected chi connectivity index (χ3v) is 5.26. The SMILES string of the molecule is CCOC(=O)c1c(-c2ccccc2)csc1NC(=O)CSc1nncc(=O)[nH]1. The molecular weight excluding hydrogens is 400 g/mol. The van der Waals surface area contributed by atoms with Crippen LogP contribution in [0.25, 0.3) is 11.1 Å². The molecule has 1 aromatic carbocycles. The van der Waals surface area contributed by atoms with Crippen LogP contribution in [0.4, 0.5) is 5.00 Å². The lowest BCUT2D eigenvalue weighted by Crippen LogP contribution is -2.17. The summed E-state index contributed by atoms with van der Waals surface area (Å²) in [4.78, 5) is 38.5. The molecular formula is C18H16N4O4S2. The molecule has 2 N–H and O–H groups in total. The molecule has 0 spiro atoms. The summed E-state index contributed by atoms with van der Waals surface area (Å²) in [6, 6.07) is 9.40. The van der Waals surface area contributed by atoms with Crippen LogP contribution in [-0.4, -0.2) is 39.4 Å². The number of amides is 1. The maximum absolute atomic E-state index is 12.5. The first-order valence-corrected chi connectivity index (χ1v) is 10.1. The van der Waals surface area contributed by atoms with Crippen LogP contribution in [0.5, 0.6) is 0 Å². The van der Waals surface area contributed by atoms with Gasteiger partial charge in [-0.3, -0.25) is 14.6 Å². The van der Waals surface area contributed by atoms with Crippen molar-refractivity contribution in [2.75, 3.05) is 17.7 Å². The Bertz CT molecular complexity index is 1030. The van der Waals surface area contributed by atoms with Gasteiger partial charge in [-0.2, -0.15) is 5.10 Å². The first-order valence-electron chi connectivity index (χ1n) is 8.27.